The minimum atomic E-state index is -0.709. The number of hydrogen-bond donors (Lipinski definition) is 2. The van der Waals surface area contributed by atoms with Gasteiger partial charge < -0.3 is 10.6 Å². The molecule has 2 fully saturated rings. The lowest BCUT2D eigenvalue weighted by atomic mass is 9.92. The summed E-state index contributed by atoms with van der Waals surface area (Å²) in [6, 6.07) is 13.9. The first-order valence-corrected chi connectivity index (χ1v) is 13.6. The van der Waals surface area contributed by atoms with Gasteiger partial charge in [0.2, 0.25) is 5.78 Å². The molecule has 1 aliphatic heterocycles. The summed E-state index contributed by atoms with van der Waals surface area (Å²) in [6.07, 6.45) is 5.10. The fraction of sp³-hybridized carbons (Fsp3) is 0.346. The number of nitrogens with zero attached hydrogens (tertiary/aromatic N) is 1. The largest absolute Gasteiger partial charge is 0.340 e. The summed E-state index contributed by atoms with van der Waals surface area (Å²) in [4.78, 5) is 32.9. The van der Waals surface area contributed by atoms with Crippen molar-refractivity contribution in [2.75, 3.05) is 6.54 Å². The van der Waals surface area contributed by atoms with E-state index in [-0.39, 0.29) is 17.7 Å². The topological polar surface area (TPSA) is 71.1 Å². The van der Waals surface area contributed by atoms with Gasteiger partial charge in [0, 0.05) is 27.0 Å². The Morgan fingerprint density at radius 2 is 1.94 bits per heavy atom. The molecule has 34 heavy (non-hydrogen) atoms. The molecule has 1 amide bonds. The number of nitrogens with one attached hydrogen (secondary N) is 2. The number of benzene rings is 2. The van der Waals surface area contributed by atoms with Gasteiger partial charge in [0.25, 0.3) is 5.91 Å². The van der Waals surface area contributed by atoms with Gasteiger partial charge in [-0.15, -0.1) is 11.3 Å². The molecule has 2 atom stereocenters. The summed E-state index contributed by atoms with van der Waals surface area (Å²) >= 11 is 11.3. The molecular formula is C26H25BrClN3O2S. The number of halogens is 2. The maximum Gasteiger partial charge on any atom is 0.251 e. The van der Waals surface area contributed by atoms with Gasteiger partial charge in [0.15, 0.2) is 0 Å². The fourth-order valence-electron chi connectivity index (χ4n) is 4.35. The molecular weight excluding hydrogens is 534 g/mol. The predicted octanol–water partition coefficient (Wildman–Crippen LogP) is 6.23. The molecule has 5 nitrogen and oxygen atoms in total. The molecule has 1 saturated heterocycles. The summed E-state index contributed by atoms with van der Waals surface area (Å²) < 4.78 is 0.815. The number of aromatic nitrogens is 1. The number of Topliss-reactive ketones (excluding diaryl/α,β-unsaturated/α-hetero) is 1. The smallest absolute Gasteiger partial charge is 0.251 e. The zero-order chi connectivity index (χ0) is 23.7. The van der Waals surface area contributed by atoms with Crippen molar-refractivity contribution >= 4 is 50.6 Å². The van der Waals surface area contributed by atoms with Gasteiger partial charge in [0.05, 0.1) is 9.88 Å². The first-order chi connectivity index (χ1) is 16.5. The molecule has 2 heterocycles. The number of ketones is 1. The average molecular weight is 559 g/mol. The monoisotopic (exact) mass is 557 g/mol. The van der Waals surface area contributed by atoms with Gasteiger partial charge in [-0.3, -0.25) is 9.59 Å². The van der Waals surface area contributed by atoms with Gasteiger partial charge >= 0.3 is 0 Å². The van der Waals surface area contributed by atoms with Gasteiger partial charge in [-0.05, 0) is 68.1 Å². The van der Waals surface area contributed by atoms with E-state index in [1.54, 1.807) is 23.5 Å². The van der Waals surface area contributed by atoms with E-state index < -0.39 is 6.04 Å². The Morgan fingerprint density at radius 3 is 2.65 bits per heavy atom. The minimum Gasteiger partial charge on any atom is -0.340 e. The van der Waals surface area contributed by atoms with Crippen LogP contribution in [0.3, 0.4) is 0 Å². The molecule has 3 aromatic rings. The van der Waals surface area contributed by atoms with E-state index in [0.29, 0.717) is 22.2 Å². The van der Waals surface area contributed by atoms with Crippen LogP contribution in [0.1, 0.15) is 63.9 Å². The third kappa shape index (κ3) is 5.28. The molecule has 2 aromatic carbocycles. The number of carbonyl (C=O) groups excluding carboxylic acids is 2. The molecule has 2 aliphatic rings. The number of thiazole rings is 1. The molecule has 0 radical (unpaired) electrons. The van der Waals surface area contributed by atoms with Gasteiger partial charge in [0.1, 0.15) is 11.7 Å². The number of rotatable bonds is 7. The van der Waals surface area contributed by atoms with Crippen molar-refractivity contribution in [1.82, 2.24) is 15.6 Å². The van der Waals surface area contributed by atoms with Crippen LogP contribution in [0.2, 0.25) is 5.02 Å². The Bertz CT molecular complexity index is 1220. The van der Waals surface area contributed by atoms with Gasteiger partial charge in [-0.1, -0.05) is 52.2 Å². The highest BCUT2D eigenvalue weighted by Gasteiger charge is 2.36. The fourth-order valence-corrected chi connectivity index (χ4v) is 6.17. The van der Waals surface area contributed by atoms with Crippen molar-refractivity contribution in [2.45, 2.75) is 50.1 Å². The maximum absolute atomic E-state index is 14.1. The molecule has 0 bridgehead atoms. The summed E-state index contributed by atoms with van der Waals surface area (Å²) in [5.41, 5.74) is 1.82. The van der Waals surface area contributed by atoms with E-state index in [1.807, 2.05) is 36.4 Å². The first-order valence-electron chi connectivity index (χ1n) is 11.6. The van der Waals surface area contributed by atoms with Crippen LogP contribution < -0.4 is 10.6 Å². The Labute approximate surface area is 216 Å². The van der Waals surface area contributed by atoms with Crippen LogP contribution in [0.4, 0.5) is 0 Å². The van der Waals surface area contributed by atoms with Crippen molar-refractivity contribution in [2.24, 2.45) is 0 Å². The third-order valence-electron chi connectivity index (χ3n) is 6.30. The van der Waals surface area contributed by atoms with Crippen molar-refractivity contribution < 1.29 is 9.59 Å². The second-order valence-corrected chi connectivity index (χ2v) is 11.3. The highest BCUT2D eigenvalue weighted by molar-refractivity contribution is 9.10. The molecule has 2 N–H and O–H groups in total. The number of amides is 1. The Kier molecular flexibility index (Phi) is 7.16. The molecule has 5 rings (SSSR count). The van der Waals surface area contributed by atoms with Gasteiger partial charge in [-0.25, -0.2) is 4.98 Å². The molecule has 1 unspecified atom stereocenters. The van der Waals surface area contributed by atoms with E-state index in [9.17, 15) is 9.59 Å². The van der Waals surface area contributed by atoms with E-state index in [0.717, 1.165) is 58.6 Å². The summed E-state index contributed by atoms with van der Waals surface area (Å²) in [7, 11) is 0. The van der Waals surface area contributed by atoms with E-state index >= 15 is 0 Å². The second-order valence-electron chi connectivity index (χ2n) is 8.90. The summed E-state index contributed by atoms with van der Waals surface area (Å²) in [6.45, 7) is 0.826. The van der Waals surface area contributed by atoms with Crippen LogP contribution >= 0.6 is 38.9 Å². The normalized spacial score (nSPS) is 18.9. The molecule has 8 heteroatoms. The Morgan fingerprint density at radius 1 is 1.12 bits per heavy atom. The van der Waals surface area contributed by atoms with Gasteiger partial charge in [-0.2, -0.15) is 0 Å². The highest BCUT2D eigenvalue weighted by atomic mass is 79.9. The SMILES string of the molecule is O=C(N[C@H](C(=O)c1nc(C2CC2)sc1-c1cccc(Cl)c1)C1CCCCN1)c1cccc(Br)c1. The number of hydrogen-bond acceptors (Lipinski definition) is 5. The van der Waals surface area contributed by atoms with Crippen LogP contribution in [0.5, 0.6) is 0 Å². The minimum absolute atomic E-state index is 0.143. The van der Waals surface area contributed by atoms with E-state index in [1.165, 1.54) is 0 Å². The lowest BCUT2D eigenvalue weighted by molar-refractivity contribution is 0.0823. The molecule has 1 aliphatic carbocycles. The maximum atomic E-state index is 14.1. The number of carbonyl (C=O) groups is 2. The Balaban J connectivity index is 1.51. The summed E-state index contributed by atoms with van der Waals surface area (Å²) in [5, 5.41) is 8.11. The van der Waals surface area contributed by atoms with E-state index in [2.05, 4.69) is 26.6 Å². The van der Waals surface area contributed by atoms with Crippen LogP contribution in [0, 0.1) is 0 Å². The quantitative estimate of drug-likeness (QED) is 0.337. The summed E-state index contributed by atoms with van der Waals surface area (Å²) in [5.74, 6) is 0.00171. The zero-order valence-electron chi connectivity index (χ0n) is 18.5. The molecule has 176 valence electrons. The lowest BCUT2D eigenvalue weighted by Crippen LogP contribution is -2.55. The first kappa shape index (κ1) is 23.7. The lowest BCUT2D eigenvalue weighted by Gasteiger charge is -2.31. The standard InChI is InChI=1S/C26H25BrClN3O2S/c27-18-7-3-6-17(13-18)25(33)30-21(20-9-1-2-12-29-20)23(32)22-24(16-5-4-8-19(28)14-16)34-26(31-22)15-10-11-15/h3-8,13-15,20-21,29H,1-2,9-12H2,(H,30,33)/t20?,21-/m0/s1. The third-order valence-corrected chi connectivity index (χ3v) is 8.29. The van der Waals surface area contributed by atoms with Crippen LogP contribution in [-0.2, 0) is 0 Å². The van der Waals surface area contributed by atoms with Crippen LogP contribution in [0.25, 0.3) is 10.4 Å². The van der Waals surface area contributed by atoms with Crippen molar-refractivity contribution in [1.29, 1.82) is 0 Å². The van der Waals surface area contributed by atoms with Crippen molar-refractivity contribution in [3.05, 3.63) is 74.3 Å². The van der Waals surface area contributed by atoms with Crippen molar-refractivity contribution in [3.8, 4) is 10.4 Å². The average Bonchev–Trinajstić information content (AvgIpc) is 3.60. The molecule has 1 saturated carbocycles. The highest BCUT2D eigenvalue weighted by Crippen LogP contribution is 2.45. The van der Waals surface area contributed by atoms with E-state index in [4.69, 9.17) is 16.6 Å². The van der Waals surface area contributed by atoms with Crippen molar-refractivity contribution in [3.63, 3.8) is 0 Å². The van der Waals surface area contributed by atoms with Crippen LogP contribution in [0.15, 0.2) is 53.0 Å². The zero-order valence-corrected chi connectivity index (χ0v) is 21.7. The second kappa shape index (κ2) is 10.3. The molecule has 0 spiro atoms. The molecule has 1 aromatic heterocycles. The van der Waals surface area contributed by atoms with Crippen LogP contribution in [-0.4, -0.2) is 35.3 Å². The Hall–Kier alpha value is -2.06. The predicted molar refractivity (Wildman–Crippen MR) is 140 cm³/mol. The number of piperidine rings is 1.